The number of amides is 3. The summed E-state index contributed by atoms with van der Waals surface area (Å²) < 4.78 is 4.97. The van der Waals surface area contributed by atoms with Crippen LogP contribution in [0, 0.1) is 0 Å². The molecule has 0 aromatic heterocycles. The molecule has 0 saturated heterocycles. The molecular weight excluding hydrogens is 388 g/mol. The van der Waals surface area contributed by atoms with E-state index in [4.69, 9.17) is 4.74 Å². The molecule has 0 radical (unpaired) electrons. The third-order valence-corrected chi connectivity index (χ3v) is 4.75. The lowest BCUT2D eigenvalue weighted by Gasteiger charge is -2.23. The van der Waals surface area contributed by atoms with Crippen LogP contribution in [0.15, 0.2) is 54.6 Å². The Balaban J connectivity index is 1.66. The van der Waals surface area contributed by atoms with Gasteiger partial charge in [0.05, 0.1) is 17.7 Å². The largest absolute Gasteiger partial charge is 0.464 e. The number of benzene rings is 2. The van der Waals surface area contributed by atoms with E-state index in [0.717, 1.165) is 4.90 Å². The second-order valence-corrected chi connectivity index (χ2v) is 6.71. The first kappa shape index (κ1) is 21.2. The van der Waals surface area contributed by atoms with Gasteiger partial charge in [-0.1, -0.05) is 42.5 Å². The van der Waals surface area contributed by atoms with Crippen molar-refractivity contribution < 1.29 is 29.0 Å². The fourth-order valence-corrected chi connectivity index (χ4v) is 3.24. The van der Waals surface area contributed by atoms with Crippen molar-refractivity contribution >= 4 is 23.7 Å². The maximum absolute atomic E-state index is 12.5. The lowest BCUT2D eigenvalue weighted by atomic mass is 10.0. The van der Waals surface area contributed by atoms with Gasteiger partial charge in [-0.3, -0.25) is 19.3 Å². The Hall–Kier alpha value is -3.52. The lowest BCUT2D eigenvalue weighted by Crippen LogP contribution is -2.47. The molecule has 1 aliphatic rings. The van der Waals surface area contributed by atoms with Crippen LogP contribution < -0.4 is 5.32 Å². The Morgan fingerprint density at radius 1 is 1.00 bits per heavy atom. The lowest BCUT2D eigenvalue weighted by molar-refractivity contribution is -0.151. The van der Waals surface area contributed by atoms with Crippen LogP contribution >= 0.6 is 0 Å². The van der Waals surface area contributed by atoms with Gasteiger partial charge in [0.2, 0.25) is 5.91 Å². The zero-order valence-corrected chi connectivity index (χ0v) is 16.4. The number of carbonyl (C=O) groups is 4. The molecule has 2 aromatic carbocycles. The molecule has 8 nitrogen and oxygen atoms in total. The van der Waals surface area contributed by atoms with Crippen molar-refractivity contribution in [1.82, 2.24) is 10.2 Å². The third kappa shape index (κ3) is 4.38. The molecule has 0 fully saturated rings. The van der Waals surface area contributed by atoms with Crippen LogP contribution in [0.3, 0.4) is 0 Å². The molecule has 2 N–H and O–H groups in total. The van der Waals surface area contributed by atoms with Gasteiger partial charge in [-0.05, 0) is 24.6 Å². The number of nitrogens with one attached hydrogen (secondary N) is 1. The third-order valence-electron chi connectivity index (χ3n) is 4.75. The zero-order valence-electron chi connectivity index (χ0n) is 16.4. The Bertz CT molecular complexity index is 924. The van der Waals surface area contributed by atoms with Crippen molar-refractivity contribution in [3.8, 4) is 0 Å². The number of carbonyl (C=O) groups excluding carboxylic acids is 4. The molecule has 2 aromatic rings. The number of ether oxygens (including phenoxy) is 1. The molecule has 1 aliphatic heterocycles. The van der Waals surface area contributed by atoms with E-state index in [0.29, 0.717) is 16.7 Å². The first-order valence-corrected chi connectivity index (χ1v) is 9.58. The summed E-state index contributed by atoms with van der Waals surface area (Å²) in [7, 11) is 0. The summed E-state index contributed by atoms with van der Waals surface area (Å²) in [5.41, 5.74) is 1.04. The number of hydrogen-bond donors (Lipinski definition) is 2. The quantitative estimate of drug-likeness (QED) is 0.503. The molecule has 0 spiro atoms. The fourth-order valence-electron chi connectivity index (χ4n) is 3.24. The van der Waals surface area contributed by atoms with Gasteiger partial charge in [0.25, 0.3) is 11.8 Å². The number of esters is 1. The van der Waals surface area contributed by atoms with E-state index in [1.165, 1.54) is 0 Å². The molecule has 0 bridgehead atoms. The topological polar surface area (TPSA) is 113 Å². The number of hydrogen-bond acceptors (Lipinski definition) is 6. The normalized spacial score (nSPS) is 14.8. The minimum Gasteiger partial charge on any atom is -0.464 e. The van der Waals surface area contributed by atoms with E-state index in [2.05, 4.69) is 5.32 Å². The molecule has 3 rings (SSSR count). The number of rotatable bonds is 8. The van der Waals surface area contributed by atoms with Gasteiger partial charge < -0.3 is 15.2 Å². The SMILES string of the molecule is CCOC(=O)C(NC(=O)CCN1C(=O)c2ccccc2C1=O)C(O)c1ccccc1. The highest BCUT2D eigenvalue weighted by Gasteiger charge is 2.36. The van der Waals surface area contributed by atoms with Crippen molar-refractivity contribution in [1.29, 1.82) is 0 Å². The molecule has 1 heterocycles. The van der Waals surface area contributed by atoms with Gasteiger partial charge in [-0.15, -0.1) is 0 Å². The van der Waals surface area contributed by atoms with E-state index in [9.17, 15) is 24.3 Å². The van der Waals surface area contributed by atoms with Crippen LogP contribution in [0.5, 0.6) is 0 Å². The summed E-state index contributed by atoms with van der Waals surface area (Å²) in [5, 5.41) is 13.0. The Labute approximate surface area is 173 Å². The second kappa shape index (κ2) is 9.32. The summed E-state index contributed by atoms with van der Waals surface area (Å²) in [4.78, 5) is 50.5. The van der Waals surface area contributed by atoms with E-state index >= 15 is 0 Å². The van der Waals surface area contributed by atoms with Crippen molar-refractivity contribution in [3.63, 3.8) is 0 Å². The van der Waals surface area contributed by atoms with Gasteiger partial charge in [-0.25, -0.2) is 4.79 Å². The van der Waals surface area contributed by atoms with Gasteiger partial charge in [0.15, 0.2) is 6.04 Å². The van der Waals surface area contributed by atoms with Crippen LogP contribution in [-0.2, 0) is 14.3 Å². The van der Waals surface area contributed by atoms with Gasteiger partial charge in [0, 0.05) is 13.0 Å². The molecule has 156 valence electrons. The van der Waals surface area contributed by atoms with Crippen LogP contribution in [-0.4, -0.2) is 52.9 Å². The summed E-state index contributed by atoms with van der Waals surface area (Å²) in [6.45, 7) is 1.56. The second-order valence-electron chi connectivity index (χ2n) is 6.71. The molecule has 3 amide bonds. The van der Waals surface area contributed by atoms with Crippen molar-refractivity contribution in [3.05, 3.63) is 71.3 Å². The van der Waals surface area contributed by atoms with E-state index in [-0.39, 0.29) is 19.6 Å². The maximum atomic E-state index is 12.5. The minimum atomic E-state index is -1.32. The number of aliphatic hydroxyl groups is 1. The molecule has 0 saturated carbocycles. The molecule has 2 unspecified atom stereocenters. The van der Waals surface area contributed by atoms with E-state index < -0.39 is 35.8 Å². The summed E-state index contributed by atoms with van der Waals surface area (Å²) in [6.07, 6.45) is -1.53. The van der Waals surface area contributed by atoms with Crippen LogP contribution in [0.2, 0.25) is 0 Å². The predicted octanol–water partition coefficient (Wildman–Crippen LogP) is 1.45. The standard InChI is InChI=1S/C22H22N2O6/c1-2-30-22(29)18(19(26)14-8-4-3-5-9-14)23-17(25)12-13-24-20(27)15-10-6-7-11-16(15)21(24)28/h3-11,18-19,26H,2,12-13H2,1H3,(H,23,25). The number of fused-ring (bicyclic) bond motifs is 1. The minimum absolute atomic E-state index is 0.0851. The molecule has 2 atom stereocenters. The Morgan fingerprint density at radius 2 is 1.57 bits per heavy atom. The predicted molar refractivity (Wildman–Crippen MR) is 106 cm³/mol. The van der Waals surface area contributed by atoms with Gasteiger partial charge in [-0.2, -0.15) is 0 Å². The first-order valence-electron chi connectivity index (χ1n) is 9.58. The monoisotopic (exact) mass is 410 g/mol. The molecule has 8 heteroatoms. The number of aliphatic hydroxyl groups excluding tert-OH is 1. The summed E-state index contributed by atoms with van der Waals surface area (Å²) >= 11 is 0. The Morgan fingerprint density at radius 3 is 2.13 bits per heavy atom. The molecule has 0 aliphatic carbocycles. The van der Waals surface area contributed by atoms with Gasteiger partial charge in [0.1, 0.15) is 6.10 Å². The highest BCUT2D eigenvalue weighted by atomic mass is 16.5. The first-order chi connectivity index (χ1) is 14.4. The van der Waals surface area contributed by atoms with Crippen LogP contribution in [0.25, 0.3) is 0 Å². The molecular formula is C22H22N2O6. The maximum Gasteiger partial charge on any atom is 0.331 e. The average molecular weight is 410 g/mol. The summed E-state index contributed by atoms with van der Waals surface area (Å²) in [6, 6.07) is 13.5. The van der Waals surface area contributed by atoms with Crippen molar-refractivity contribution in [2.45, 2.75) is 25.5 Å². The van der Waals surface area contributed by atoms with Crippen molar-refractivity contribution in [2.75, 3.05) is 13.2 Å². The van der Waals surface area contributed by atoms with Crippen molar-refractivity contribution in [2.24, 2.45) is 0 Å². The summed E-state index contributed by atoms with van der Waals surface area (Å²) in [5.74, 6) is -2.30. The smallest absolute Gasteiger partial charge is 0.331 e. The van der Waals surface area contributed by atoms with Gasteiger partial charge >= 0.3 is 5.97 Å². The molecule has 30 heavy (non-hydrogen) atoms. The Kier molecular flexibility index (Phi) is 6.58. The highest BCUT2D eigenvalue weighted by molar-refractivity contribution is 6.21. The van der Waals surface area contributed by atoms with Crippen LogP contribution in [0.1, 0.15) is 45.7 Å². The number of nitrogens with zero attached hydrogens (tertiary/aromatic N) is 1. The zero-order chi connectivity index (χ0) is 21.7. The van der Waals surface area contributed by atoms with E-state index in [1.807, 2.05) is 0 Å². The van der Waals surface area contributed by atoms with E-state index in [1.54, 1.807) is 61.5 Å². The average Bonchev–Trinajstić information content (AvgIpc) is 3.01. The number of imide groups is 1. The fraction of sp³-hybridized carbons (Fsp3) is 0.273. The highest BCUT2D eigenvalue weighted by Crippen LogP contribution is 2.22. The van der Waals surface area contributed by atoms with Crippen LogP contribution in [0.4, 0.5) is 0 Å².